The molecule has 2 atom stereocenters. The van der Waals surface area contributed by atoms with Gasteiger partial charge in [0.2, 0.25) is 11.6 Å². The molecule has 2 unspecified atom stereocenters. The molecule has 1 aromatic carbocycles. The monoisotopic (exact) mass is 394 g/mol. The number of hydrogen-bond acceptors (Lipinski definition) is 8. The van der Waals surface area contributed by atoms with Crippen molar-refractivity contribution in [1.82, 2.24) is 10.3 Å². The fourth-order valence-electron chi connectivity index (χ4n) is 3.87. The molecule has 0 amide bonds. The number of Topliss-reactive ketones (excluding diaryl/α,β-unsaturated/α-hetero) is 1. The maximum absolute atomic E-state index is 13.2. The number of thiophene rings is 1. The fourth-order valence-corrected chi connectivity index (χ4v) is 4.70. The number of rotatable bonds is 3. The van der Waals surface area contributed by atoms with Crippen LogP contribution in [0.2, 0.25) is 0 Å². The number of carbonyl (C=O) groups is 1. The summed E-state index contributed by atoms with van der Waals surface area (Å²) in [4.78, 5) is 14.5. The van der Waals surface area contributed by atoms with Gasteiger partial charge in [0, 0.05) is 28.5 Å². The molecule has 3 heterocycles. The number of carbonyl (C=O) groups excluding carboxylic acids is 1. The summed E-state index contributed by atoms with van der Waals surface area (Å²) in [5.74, 6) is 2.05. The van der Waals surface area contributed by atoms with E-state index in [1.54, 1.807) is 18.4 Å². The molecule has 1 aliphatic carbocycles. The highest BCUT2D eigenvalue weighted by Crippen LogP contribution is 2.44. The average Bonchev–Trinajstić information content (AvgIpc) is 3.37. The molecule has 3 aromatic rings. The number of nitrogens with one attached hydrogen (secondary N) is 2. The number of hydrogen-bond donors (Lipinski definition) is 2. The first-order valence-electron chi connectivity index (χ1n) is 9.02. The highest BCUT2D eigenvalue weighted by Gasteiger charge is 2.37. The number of fused-ring (bicyclic) bond motifs is 1. The molecule has 0 saturated heterocycles. The van der Waals surface area contributed by atoms with Crippen molar-refractivity contribution in [3.63, 3.8) is 0 Å². The molecule has 1 aliphatic heterocycles. The Morgan fingerprint density at radius 2 is 1.96 bits per heavy atom. The van der Waals surface area contributed by atoms with Crippen LogP contribution in [0.1, 0.15) is 35.2 Å². The van der Waals surface area contributed by atoms with E-state index in [2.05, 4.69) is 27.0 Å². The molecule has 7 nitrogen and oxygen atoms in total. The minimum absolute atomic E-state index is 0.127. The van der Waals surface area contributed by atoms with Gasteiger partial charge in [-0.15, -0.1) is 11.3 Å². The van der Waals surface area contributed by atoms with Crippen LogP contribution in [0.4, 0.5) is 11.6 Å². The minimum atomic E-state index is -0.335. The first-order valence-corrected chi connectivity index (χ1v) is 9.90. The van der Waals surface area contributed by atoms with E-state index >= 15 is 0 Å². The lowest BCUT2D eigenvalue weighted by molar-refractivity contribution is -0.116. The Labute approximate surface area is 165 Å². The molecular weight excluding hydrogens is 376 g/mol. The molecule has 8 heteroatoms. The number of ketones is 1. The van der Waals surface area contributed by atoms with Gasteiger partial charge in [0.25, 0.3) is 0 Å². The summed E-state index contributed by atoms with van der Waals surface area (Å²) in [6.45, 7) is 0. The van der Waals surface area contributed by atoms with Crippen LogP contribution >= 0.6 is 11.3 Å². The third kappa shape index (κ3) is 2.86. The van der Waals surface area contributed by atoms with Gasteiger partial charge in [0.15, 0.2) is 5.78 Å². The molecular formula is C20H18N4O3S. The zero-order chi connectivity index (χ0) is 19.1. The summed E-state index contributed by atoms with van der Waals surface area (Å²) in [5, 5.41) is 16.6. The van der Waals surface area contributed by atoms with E-state index in [0.717, 1.165) is 29.0 Å². The maximum atomic E-state index is 13.2. The van der Waals surface area contributed by atoms with Gasteiger partial charge < -0.3 is 15.4 Å². The van der Waals surface area contributed by atoms with Crippen LogP contribution in [0.5, 0.6) is 5.75 Å². The summed E-state index contributed by atoms with van der Waals surface area (Å²) in [7, 11) is 1.63. The molecule has 28 heavy (non-hydrogen) atoms. The van der Waals surface area contributed by atoms with Crippen molar-refractivity contribution in [2.75, 3.05) is 17.7 Å². The topological polar surface area (TPSA) is 89.3 Å². The van der Waals surface area contributed by atoms with Crippen LogP contribution in [0.15, 0.2) is 57.7 Å². The highest BCUT2D eigenvalue weighted by atomic mass is 32.1. The van der Waals surface area contributed by atoms with Crippen molar-refractivity contribution in [2.24, 2.45) is 0 Å². The molecule has 2 N–H and O–H groups in total. The third-order valence-electron chi connectivity index (χ3n) is 5.23. The number of aromatic nitrogens is 2. The Morgan fingerprint density at radius 1 is 1.14 bits per heavy atom. The average molecular weight is 394 g/mol. The van der Waals surface area contributed by atoms with E-state index in [4.69, 9.17) is 9.37 Å². The molecule has 0 bridgehead atoms. The summed E-state index contributed by atoms with van der Waals surface area (Å²) < 4.78 is 10.2. The molecule has 2 aliphatic rings. The molecule has 0 radical (unpaired) electrons. The predicted octanol–water partition coefficient (Wildman–Crippen LogP) is 4.12. The zero-order valence-electron chi connectivity index (χ0n) is 15.1. The van der Waals surface area contributed by atoms with E-state index in [1.165, 1.54) is 4.88 Å². The fraction of sp³-hybridized carbons (Fsp3) is 0.250. The van der Waals surface area contributed by atoms with Crippen molar-refractivity contribution >= 4 is 28.8 Å². The zero-order valence-corrected chi connectivity index (χ0v) is 16.0. The van der Waals surface area contributed by atoms with Gasteiger partial charge >= 0.3 is 0 Å². The van der Waals surface area contributed by atoms with Crippen molar-refractivity contribution in [3.05, 3.63) is 63.5 Å². The van der Waals surface area contributed by atoms with Gasteiger partial charge in [-0.05, 0) is 45.9 Å². The molecule has 2 aromatic heterocycles. The number of methoxy groups -OCH3 is 1. The number of allylic oxidation sites excluding steroid dienone is 1. The normalized spacial score (nSPS) is 21.2. The molecule has 142 valence electrons. The van der Waals surface area contributed by atoms with E-state index in [-0.39, 0.29) is 17.7 Å². The summed E-state index contributed by atoms with van der Waals surface area (Å²) in [6.07, 6.45) is 1.23. The smallest absolute Gasteiger partial charge is 0.219 e. The maximum Gasteiger partial charge on any atom is 0.219 e. The van der Waals surface area contributed by atoms with E-state index in [1.807, 2.05) is 35.7 Å². The van der Waals surface area contributed by atoms with Crippen LogP contribution < -0.4 is 15.4 Å². The standard InChI is InChI=1S/C20H18N4O3S/c1-26-13-6-4-11(5-7-13)18-17-14(21-19-20(22-18)24-27-23-19)9-12(10-15(17)25)16-3-2-8-28-16/h2-8,12,18H,9-10H2,1H3,(H,21,23)(H,22,24). The number of nitrogens with zero attached hydrogens (tertiary/aromatic N) is 2. The second-order valence-electron chi connectivity index (χ2n) is 6.87. The van der Waals surface area contributed by atoms with Gasteiger partial charge in [0.1, 0.15) is 5.75 Å². The van der Waals surface area contributed by atoms with Gasteiger partial charge in [-0.3, -0.25) is 4.79 Å². The first-order chi connectivity index (χ1) is 13.7. The van der Waals surface area contributed by atoms with Crippen molar-refractivity contribution in [3.8, 4) is 5.75 Å². The van der Waals surface area contributed by atoms with Gasteiger partial charge in [-0.2, -0.15) is 0 Å². The van der Waals surface area contributed by atoms with E-state index in [0.29, 0.717) is 18.1 Å². The van der Waals surface area contributed by atoms with Gasteiger partial charge in [0.05, 0.1) is 13.2 Å². The molecule has 0 spiro atoms. The van der Waals surface area contributed by atoms with Crippen molar-refractivity contribution in [1.29, 1.82) is 0 Å². The Kier molecular flexibility index (Phi) is 4.12. The Bertz CT molecular complexity index is 1040. The van der Waals surface area contributed by atoms with Crippen LogP contribution in [0.3, 0.4) is 0 Å². The van der Waals surface area contributed by atoms with Crippen LogP contribution in [-0.2, 0) is 4.79 Å². The first kappa shape index (κ1) is 17.0. The largest absolute Gasteiger partial charge is 0.497 e. The highest BCUT2D eigenvalue weighted by molar-refractivity contribution is 7.10. The summed E-state index contributed by atoms with van der Waals surface area (Å²) in [6, 6.07) is 11.5. The van der Waals surface area contributed by atoms with Crippen molar-refractivity contribution < 1.29 is 14.2 Å². The second kappa shape index (κ2) is 6.79. The van der Waals surface area contributed by atoms with Crippen molar-refractivity contribution in [2.45, 2.75) is 24.8 Å². The Hall–Kier alpha value is -3.13. The summed E-state index contributed by atoms with van der Waals surface area (Å²) in [5.41, 5.74) is 2.56. The van der Waals surface area contributed by atoms with E-state index < -0.39 is 0 Å². The predicted molar refractivity (Wildman–Crippen MR) is 106 cm³/mol. The third-order valence-corrected chi connectivity index (χ3v) is 6.26. The SMILES string of the molecule is COc1ccc(C2Nc3nonc3NC3=C2C(=O)CC(c2cccs2)C3)cc1. The van der Waals surface area contributed by atoms with Gasteiger partial charge in [-0.1, -0.05) is 18.2 Å². The van der Waals surface area contributed by atoms with Crippen LogP contribution in [0.25, 0.3) is 0 Å². The summed E-state index contributed by atoms with van der Waals surface area (Å²) >= 11 is 1.69. The molecule has 5 rings (SSSR count). The van der Waals surface area contributed by atoms with Crippen LogP contribution in [-0.4, -0.2) is 23.2 Å². The molecule has 0 fully saturated rings. The molecule has 0 saturated carbocycles. The lowest BCUT2D eigenvalue weighted by atomic mass is 9.81. The number of anilines is 2. The van der Waals surface area contributed by atoms with E-state index in [9.17, 15) is 4.79 Å². The minimum Gasteiger partial charge on any atom is -0.497 e. The van der Waals surface area contributed by atoms with Gasteiger partial charge in [-0.25, -0.2) is 4.63 Å². The quantitative estimate of drug-likeness (QED) is 0.691. The lowest BCUT2D eigenvalue weighted by Gasteiger charge is -2.29. The van der Waals surface area contributed by atoms with Crippen LogP contribution in [0, 0.1) is 0 Å². The lowest BCUT2D eigenvalue weighted by Crippen LogP contribution is -2.26. The number of benzene rings is 1. The number of ether oxygens (including phenoxy) is 1. The Morgan fingerprint density at radius 3 is 2.71 bits per heavy atom. The Balaban J connectivity index is 1.59. The second-order valence-corrected chi connectivity index (χ2v) is 7.85.